The third kappa shape index (κ3) is 3.55. The number of hydrogen-bond acceptors (Lipinski definition) is 5. The van der Waals surface area contributed by atoms with E-state index in [1.807, 2.05) is 0 Å². The second kappa shape index (κ2) is 6.56. The van der Waals surface area contributed by atoms with Crippen LogP contribution in [0.2, 0.25) is 0 Å². The number of hydrogen-bond donors (Lipinski definition) is 1. The van der Waals surface area contributed by atoms with Gasteiger partial charge in [-0.25, -0.2) is 13.1 Å². The number of fused-ring (bicyclic) bond motifs is 1. The third-order valence-corrected chi connectivity index (χ3v) is 5.47. The van der Waals surface area contributed by atoms with E-state index in [0.29, 0.717) is 19.6 Å². The summed E-state index contributed by atoms with van der Waals surface area (Å²) in [5.74, 6) is -0.0332. The molecule has 3 rings (SSSR count). The van der Waals surface area contributed by atoms with Gasteiger partial charge in [0.1, 0.15) is 0 Å². The number of likely N-dealkylation sites (N-methyl/N-ethyl adjacent to an activating group) is 1. The van der Waals surface area contributed by atoms with E-state index in [2.05, 4.69) is 4.72 Å². The summed E-state index contributed by atoms with van der Waals surface area (Å²) < 4.78 is 38.0. The van der Waals surface area contributed by atoms with Crippen LogP contribution in [-0.2, 0) is 30.7 Å². The van der Waals surface area contributed by atoms with Crippen LogP contribution >= 0.6 is 0 Å². The number of anilines is 1. The molecule has 0 aliphatic carbocycles. The predicted molar refractivity (Wildman–Crippen MR) is 83.7 cm³/mol. The highest BCUT2D eigenvalue weighted by atomic mass is 32.2. The van der Waals surface area contributed by atoms with Crippen molar-refractivity contribution >= 4 is 21.6 Å². The van der Waals surface area contributed by atoms with Gasteiger partial charge >= 0.3 is 0 Å². The normalized spacial score (nSPS) is 19.2. The number of sulfonamides is 1. The number of carbonyl (C=O) groups excluding carboxylic acids is 1. The Labute approximate surface area is 135 Å². The van der Waals surface area contributed by atoms with Gasteiger partial charge in [-0.15, -0.1) is 0 Å². The Hall–Kier alpha value is -1.48. The predicted octanol–water partition coefficient (Wildman–Crippen LogP) is 0.637. The SMILES string of the molecule is CN1C(=O)Cc2cc(S(=O)(=O)NCCC3OCCCO3)ccc21. The molecule has 0 spiro atoms. The van der Waals surface area contributed by atoms with Crippen molar-refractivity contribution in [3.05, 3.63) is 23.8 Å². The molecule has 1 saturated heterocycles. The molecule has 1 N–H and O–H groups in total. The standard InChI is InChI=1S/C15H20N2O5S/c1-17-13-4-3-12(9-11(13)10-14(17)18)23(19,20)16-6-5-15-21-7-2-8-22-15/h3-4,9,15-16H,2,5-8,10H2,1H3. The molecular weight excluding hydrogens is 320 g/mol. The molecule has 0 saturated carbocycles. The van der Waals surface area contributed by atoms with Crippen molar-refractivity contribution in [2.75, 3.05) is 31.7 Å². The first-order valence-corrected chi connectivity index (χ1v) is 9.08. The van der Waals surface area contributed by atoms with E-state index < -0.39 is 10.0 Å². The molecular formula is C15H20N2O5S. The molecule has 0 bridgehead atoms. The Morgan fingerprint density at radius 1 is 1.30 bits per heavy atom. The van der Waals surface area contributed by atoms with Gasteiger partial charge in [0.25, 0.3) is 0 Å². The largest absolute Gasteiger partial charge is 0.353 e. The Morgan fingerprint density at radius 2 is 2.04 bits per heavy atom. The van der Waals surface area contributed by atoms with Gasteiger partial charge in [0.2, 0.25) is 15.9 Å². The van der Waals surface area contributed by atoms with Crippen LogP contribution in [0, 0.1) is 0 Å². The highest BCUT2D eigenvalue weighted by molar-refractivity contribution is 7.89. The van der Waals surface area contributed by atoms with E-state index in [9.17, 15) is 13.2 Å². The maximum Gasteiger partial charge on any atom is 0.240 e. The summed E-state index contributed by atoms with van der Waals surface area (Å²) in [6.07, 6.45) is 1.22. The summed E-state index contributed by atoms with van der Waals surface area (Å²) >= 11 is 0. The summed E-state index contributed by atoms with van der Waals surface area (Å²) in [5, 5.41) is 0. The number of benzene rings is 1. The number of carbonyl (C=O) groups is 1. The van der Waals surface area contributed by atoms with Crippen LogP contribution in [0.5, 0.6) is 0 Å². The zero-order valence-electron chi connectivity index (χ0n) is 12.9. The average Bonchev–Trinajstić information content (AvgIpc) is 2.82. The number of rotatable bonds is 5. The fraction of sp³-hybridized carbons (Fsp3) is 0.533. The molecule has 0 aromatic heterocycles. The quantitative estimate of drug-likeness (QED) is 0.850. The fourth-order valence-electron chi connectivity index (χ4n) is 2.71. The third-order valence-electron chi connectivity index (χ3n) is 4.01. The summed E-state index contributed by atoms with van der Waals surface area (Å²) in [4.78, 5) is 13.4. The average molecular weight is 340 g/mol. The summed E-state index contributed by atoms with van der Waals surface area (Å²) in [5.41, 5.74) is 1.50. The summed E-state index contributed by atoms with van der Waals surface area (Å²) in [6, 6.07) is 4.75. The van der Waals surface area contributed by atoms with Gasteiger partial charge in [0.15, 0.2) is 6.29 Å². The molecule has 2 aliphatic rings. The van der Waals surface area contributed by atoms with Gasteiger partial charge in [-0.1, -0.05) is 0 Å². The Kier molecular flexibility index (Phi) is 4.67. The molecule has 8 heteroatoms. The second-order valence-corrected chi connectivity index (χ2v) is 7.40. The lowest BCUT2D eigenvalue weighted by molar-refractivity contribution is -0.180. The lowest BCUT2D eigenvalue weighted by atomic mass is 10.2. The fourth-order valence-corrected chi connectivity index (χ4v) is 3.81. The molecule has 2 heterocycles. The zero-order valence-corrected chi connectivity index (χ0v) is 13.8. The molecule has 1 aromatic carbocycles. The van der Waals surface area contributed by atoms with Gasteiger partial charge in [0, 0.05) is 25.7 Å². The summed E-state index contributed by atoms with van der Waals surface area (Å²) in [6.45, 7) is 1.52. The first-order valence-electron chi connectivity index (χ1n) is 7.60. The smallest absolute Gasteiger partial charge is 0.240 e. The van der Waals surface area contributed by atoms with Gasteiger partial charge < -0.3 is 14.4 Å². The number of ether oxygens (including phenoxy) is 2. The zero-order chi connectivity index (χ0) is 16.4. The van der Waals surface area contributed by atoms with Crippen molar-refractivity contribution in [3.8, 4) is 0 Å². The Bertz CT molecular complexity index is 698. The van der Waals surface area contributed by atoms with Gasteiger partial charge in [-0.3, -0.25) is 4.79 Å². The van der Waals surface area contributed by atoms with Crippen molar-refractivity contribution in [1.29, 1.82) is 0 Å². The summed E-state index contributed by atoms with van der Waals surface area (Å²) in [7, 11) is -1.92. The first kappa shape index (κ1) is 16.4. The lowest BCUT2D eigenvalue weighted by Gasteiger charge is -2.23. The number of amides is 1. The molecule has 1 amide bonds. The highest BCUT2D eigenvalue weighted by Crippen LogP contribution is 2.29. The Morgan fingerprint density at radius 3 is 2.78 bits per heavy atom. The molecule has 0 atom stereocenters. The van der Waals surface area contributed by atoms with Crippen LogP contribution in [0.25, 0.3) is 0 Å². The molecule has 23 heavy (non-hydrogen) atoms. The molecule has 0 unspecified atom stereocenters. The second-order valence-electron chi connectivity index (χ2n) is 5.63. The van der Waals surface area contributed by atoms with Crippen molar-refractivity contribution in [3.63, 3.8) is 0 Å². The number of nitrogens with zero attached hydrogens (tertiary/aromatic N) is 1. The monoisotopic (exact) mass is 340 g/mol. The minimum Gasteiger partial charge on any atom is -0.353 e. The van der Waals surface area contributed by atoms with Gasteiger partial charge in [-0.05, 0) is 30.2 Å². The van der Waals surface area contributed by atoms with E-state index in [1.54, 1.807) is 19.2 Å². The number of nitrogens with one attached hydrogen (secondary N) is 1. The van der Waals surface area contributed by atoms with Crippen LogP contribution in [0.1, 0.15) is 18.4 Å². The van der Waals surface area contributed by atoms with E-state index in [1.165, 1.54) is 11.0 Å². The van der Waals surface area contributed by atoms with Crippen LogP contribution in [-0.4, -0.2) is 47.4 Å². The van der Waals surface area contributed by atoms with Crippen molar-refractivity contribution in [2.45, 2.75) is 30.4 Å². The lowest BCUT2D eigenvalue weighted by Crippen LogP contribution is -2.31. The minimum atomic E-state index is -3.61. The van der Waals surface area contributed by atoms with E-state index in [0.717, 1.165) is 17.7 Å². The molecule has 1 fully saturated rings. The maximum atomic E-state index is 12.3. The van der Waals surface area contributed by atoms with Crippen molar-refractivity contribution in [2.24, 2.45) is 0 Å². The minimum absolute atomic E-state index is 0.0332. The van der Waals surface area contributed by atoms with Crippen molar-refractivity contribution < 1.29 is 22.7 Å². The van der Waals surface area contributed by atoms with E-state index >= 15 is 0 Å². The van der Waals surface area contributed by atoms with Crippen LogP contribution in [0.4, 0.5) is 5.69 Å². The molecule has 126 valence electrons. The molecule has 0 radical (unpaired) electrons. The topological polar surface area (TPSA) is 84.9 Å². The molecule has 7 nitrogen and oxygen atoms in total. The van der Waals surface area contributed by atoms with Crippen LogP contribution < -0.4 is 9.62 Å². The van der Waals surface area contributed by atoms with Gasteiger partial charge in [0.05, 0.1) is 24.5 Å². The highest BCUT2D eigenvalue weighted by Gasteiger charge is 2.26. The molecule has 2 aliphatic heterocycles. The van der Waals surface area contributed by atoms with Crippen LogP contribution in [0.15, 0.2) is 23.1 Å². The van der Waals surface area contributed by atoms with Crippen molar-refractivity contribution in [1.82, 2.24) is 4.72 Å². The maximum absolute atomic E-state index is 12.3. The van der Waals surface area contributed by atoms with Gasteiger partial charge in [-0.2, -0.15) is 0 Å². The van der Waals surface area contributed by atoms with Crippen LogP contribution in [0.3, 0.4) is 0 Å². The first-order chi connectivity index (χ1) is 11.0. The van der Waals surface area contributed by atoms with E-state index in [-0.39, 0.29) is 30.1 Å². The Balaban J connectivity index is 1.63. The van der Waals surface area contributed by atoms with E-state index in [4.69, 9.17) is 9.47 Å². The molecule has 1 aromatic rings.